The van der Waals surface area contributed by atoms with Gasteiger partial charge in [-0.25, -0.2) is 0 Å². The summed E-state index contributed by atoms with van der Waals surface area (Å²) in [6.45, 7) is 4.74. The van der Waals surface area contributed by atoms with Gasteiger partial charge in [-0.2, -0.15) is 0 Å². The van der Waals surface area contributed by atoms with Crippen molar-refractivity contribution in [3.8, 4) is 0 Å². The van der Waals surface area contributed by atoms with Crippen LogP contribution in [-0.4, -0.2) is 47.5 Å². The van der Waals surface area contributed by atoms with Crippen LogP contribution in [0.4, 0.5) is 0 Å². The number of pyridine rings is 1. The zero-order valence-electron chi connectivity index (χ0n) is 11.6. The Morgan fingerprint density at radius 1 is 1.32 bits per heavy atom. The van der Waals surface area contributed by atoms with Crippen molar-refractivity contribution in [1.29, 1.82) is 0 Å². The first kappa shape index (κ1) is 13.5. The zero-order chi connectivity index (χ0) is 13.2. The lowest BCUT2D eigenvalue weighted by atomic mass is 9.84. The molecule has 19 heavy (non-hydrogen) atoms. The Hall–Kier alpha value is -0.450. The first-order valence-corrected chi connectivity index (χ1v) is 8.05. The molecule has 4 heteroatoms. The number of piperidine rings is 2. The number of halogens is 1. The summed E-state index contributed by atoms with van der Waals surface area (Å²) in [7, 11) is 2.29. The van der Waals surface area contributed by atoms with Crippen LogP contribution >= 0.6 is 15.9 Å². The van der Waals surface area contributed by atoms with Crippen molar-refractivity contribution >= 4 is 15.9 Å². The van der Waals surface area contributed by atoms with Gasteiger partial charge in [-0.15, -0.1) is 0 Å². The van der Waals surface area contributed by atoms with Crippen LogP contribution in [0.1, 0.15) is 25.0 Å². The first-order chi connectivity index (χ1) is 9.22. The van der Waals surface area contributed by atoms with Gasteiger partial charge in [0.05, 0.1) is 5.69 Å². The highest BCUT2D eigenvalue weighted by atomic mass is 79.9. The van der Waals surface area contributed by atoms with E-state index in [4.69, 9.17) is 0 Å². The number of aromatic nitrogens is 1. The number of hydrogen-bond acceptors (Lipinski definition) is 3. The van der Waals surface area contributed by atoms with Crippen molar-refractivity contribution in [2.45, 2.75) is 31.8 Å². The average Bonchev–Trinajstić information content (AvgIpc) is 2.42. The van der Waals surface area contributed by atoms with Crippen LogP contribution in [0.25, 0.3) is 0 Å². The van der Waals surface area contributed by atoms with Crippen LogP contribution < -0.4 is 0 Å². The number of nitrogens with zero attached hydrogens (tertiary/aromatic N) is 3. The standard InChI is InChI=1S/C15H22BrN3/c1-18-7-2-3-12-10-19(8-6-15(12)18)11-14-5-4-13(16)9-17-14/h4-5,9,12,15H,2-3,6-8,10-11H2,1H3. The lowest BCUT2D eigenvalue weighted by molar-refractivity contribution is 0.0350. The molecule has 3 rings (SSSR count). The Morgan fingerprint density at radius 3 is 3.00 bits per heavy atom. The Morgan fingerprint density at radius 2 is 2.21 bits per heavy atom. The lowest BCUT2D eigenvalue weighted by Crippen LogP contribution is -2.52. The molecule has 2 atom stereocenters. The first-order valence-electron chi connectivity index (χ1n) is 7.25. The number of likely N-dealkylation sites (tertiary alicyclic amines) is 2. The van der Waals surface area contributed by atoms with Gasteiger partial charge in [0.15, 0.2) is 0 Å². The van der Waals surface area contributed by atoms with E-state index in [2.05, 4.69) is 49.9 Å². The molecule has 1 aromatic rings. The van der Waals surface area contributed by atoms with Crippen molar-refractivity contribution in [3.63, 3.8) is 0 Å². The van der Waals surface area contributed by atoms with E-state index < -0.39 is 0 Å². The third-order valence-electron chi connectivity index (χ3n) is 4.60. The van der Waals surface area contributed by atoms with E-state index in [1.807, 2.05) is 6.20 Å². The fourth-order valence-electron chi connectivity index (χ4n) is 3.60. The summed E-state index contributed by atoms with van der Waals surface area (Å²) in [5, 5.41) is 0. The highest BCUT2D eigenvalue weighted by molar-refractivity contribution is 9.10. The SMILES string of the molecule is CN1CCCC2CN(Cc3ccc(Br)cn3)CCC21. The minimum Gasteiger partial charge on any atom is -0.303 e. The molecule has 2 unspecified atom stereocenters. The molecule has 2 fully saturated rings. The van der Waals surface area contributed by atoms with Gasteiger partial charge in [0.2, 0.25) is 0 Å². The predicted molar refractivity (Wildman–Crippen MR) is 81.0 cm³/mol. The molecule has 2 aliphatic rings. The largest absolute Gasteiger partial charge is 0.303 e. The van der Waals surface area contributed by atoms with E-state index >= 15 is 0 Å². The molecule has 0 aliphatic carbocycles. The van der Waals surface area contributed by atoms with E-state index in [9.17, 15) is 0 Å². The Bertz CT molecular complexity index is 420. The maximum absolute atomic E-state index is 4.49. The molecule has 3 nitrogen and oxygen atoms in total. The molecule has 0 aromatic carbocycles. The van der Waals surface area contributed by atoms with Crippen LogP contribution in [-0.2, 0) is 6.54 Å². The number of hydrogen-bond donors (Lipinski definition) is 0. The summed E-state index contributed by atoms with van der Waals surface area (Å²) in [4.78, 5) is 9.65. The second-order valence-corrected chi connectivity index (χ2v) is 6.86. The van der Waals surface area contributed by atoms with Gasteiger partial charge < -0.3 is 4.90 Å². The molecular weight excluding hydrogens is 302 g/mol. The Kier molecular flexibility index (Phi) is 4.20. The molecule has 0 saturated carbocycles. The van der Waals surface area contributed by atoms with E-state index in [0.29, 0.717) is 0 Å². The zero-order valence-corrected chi connectivity index (χ0v) is 13.1. The van der Waals surface area contributed by atoms with Crippen LogP contribution in [0.2, 0.25) is 0 Å². The van der Waals surface area contributed by atoms with Crippen molar-refractivity contribution in [1.82, 2.24) is 14.8 Å². The smallest absolute Gasteiger partial charge is 0.0544 e. The summed E-state index contributed by atoms with van der Waals surface area (Å²) < 4.78 is 1.06. The van der Waals surface area contributed by atoms with Gasteiger partial charge in [-0.1, -0.05) is 0 Å². The van der Waals surface area contributed by atoms with Crippen molar-refractivity contribution in [2.24, 2.45) is 5.92 Å². The molecule has 2 saturated heterocycles. The van der Waals surface area contributed by atoms with Crippen molar-refractivity contribution in [3.05, 3.63) is 28.5 Å². The normalized spacial score (nSPS) is 29.2. The third-order valence-corrected chi connectivity index (χ3v) is 5.07. The van der Waals surface area contributed by atoms with Crippen LogP contribution in [0, 0.1) is 5.92 Å². The van der Waals surface area contributed by atoms with Crippen molar-refractivity contribution in [2.75, 3.05) is 26.7 Å². The molecule has 0 amide bonds. The highest BCUT2D eigenvalue weighted by Crippen LogP contribution is 2.30. The van der Waals surface area contributed by atoms with E-state index in [1.165, 1.54) is 44.6 Å². The molecule has 0 bridgehead atoms. The van der Waals surface area contributed by atoms with E-state index in [-0.39, 0.29) is 0 Å². The second kappa shape index (κ2) is 5.90. The second-order valence-electron chi connectivity index (χ2n) is 5.94. The van der Waals surface area contributed by atoms with Gasteiger partial charge in [0.25, 0.3) is 0 Å². The number of fused-ring (bicyclic) bond motifs is 1. The van der Waals surface area contributed by atoms with E-state index in [0.717, 1.165) is 23.0 Å². The van der Waals surface area contributed by atoms with Gasteiger partial charge in [0.1, 0.15) is 0 Å². The Balaban J connectivity index is 1.60. The number of rotatable bonds is 2. The average molecular weight is 324 g/mol. The summed E-state index contributed by atoms with van der Waals surface area (Å²) in [6, 6.07) is 5.04. The molecule has 3 heterocycles. The van der Waals surface area contributed by atoms with Gasteiger partial charge in [-0.05, 0) is 66.8 Å². The fraction of sp³-hybridized carbons (Fsp3) is 0.667. The highest BCUT2D eigenvalue weighted by Gasteiger charge is 2.34. The van der Waals surface area contributed by atoms with Gasteiger partial charge >= 0.3 is 0 Å². The van der Waals surface area contributed by atoms with Crippen LogP contribution in [0.15, 0.2) is 22.8 Å². The molecule has 0 N–H and O–H groups in total. The molecule has 104 valence electrons. The lowest BCUT2D eigenvalue weighted by Gasteiger charge is -2.45. The molecule has 0 spiro atoms. The third kappa shape index (κ3) is 3.18. The summed E-state index contributed by atoms with van der Waals surface area (Å²) >= 11 is 3.44. The molecular formula is C15H22BrN3. The molecule has 1 aromatic heterocycles. The Labute approximate surface area is 124 Å². The summed E-state index contributed by atoms with van der Waals surface area (Å²) in [5.74, 6) is 0.864. The minimum atomic E-state index is 0.822. The maximum atomic E-state index is 4.49. The van der Waals surface area contributed by atoms with Crippen molar-refractivity contribution < 1.29 is 0 Å². The van der Waals surface area contributed by atoms with Gasteiger partial charge in [0, 0.05) is 36.3 Å². The topological polar surface area (TPSA) is 19.4 Å². The molecule has 2 aliphatic heterocycles. The van der Waals surface area contributed by atoms with E-state index in [1.54, 1.807) is 0 Å². The predicted octanol–water partition coefficient (Wildman–Crippen LogP) is 2.76. The fourth-order valence-corrected chi connectivity index (χ4v) is 3.84. The summed E-state index contributed by atoms with van der Waals surface area (Å²) in [5.41, 5.74) is 1.19. The molecule has 0 radical (unpaired) electrons. The summed E-state index contributed by atoms with van der Waals surface area (Å²) in [6.07, 6.45) is 5.98. The van der Waals surface area contributed by atoms with Crippen LogP contribution in [0.5, 0.6) is 0 Å². The minimum absolute atomic E-state index is 0.822. The maximum Gasteiger partial charge on any atom is 0.0544 e. The quantitative estimate of drug-likeness (QED) is 0.834. The van der Waals surface area contributed by atoms with Gasteiger partial charge in [-0.3, -0.25) is 9.88 Å². The van der Waals surface area contributed by atoms with Crippen LogP contribution in [0.3, 0.4) is 0 Å². The monoisotopic (exact) mass is 323 g/mol.